The molecule has 1 aromatic heterocycles. The number of halogens is 1. The van der Waals surface area contributed by atoms with E-state index in [0.717, 1.165) is 10.0 Å². The SMILES string of the molecule is CCOC(=O)c1ccsc1NC(=O)CN1CCOC(c2ccc(Br)cc2)C1. The standard InChI is InChI=1S/C19H21BrN2O4S/c1-2-25-19(24)15-7-10-27-18(15)21-17(23)12-22-8-9-26-16(11-22)13-3-5-14(20)6-4-13/h3-7,10,16H,2,8-9,11-12H2,1H3,(H,21,23). The van der Waals surface area contributed by atoms with Gasteiger partial charge in [-0.25, -0.2) is 4.79 Å². The van der Waals surface area contributed by atoms with Gasteiger partial charge in [-0.05, 0) is 36.1 Å². The maximum atomic E-state index is 12.5. The molecule has 27 heavy (non-hydrogen) atoms. The summed E-state index contributed by atoms with van der Waals surface area (Å²) in [7, 11) is 0. The number of hydrogen-bond donors (Lipinski definition) is 1. The van der Waals surface area contributed by atoms with Crippen molar-refractivity contribution in [3.63, 3.8) is 0 Å². The summed E-state index contributed by atoms with van der Waals surface area (Å²) in [6.07, 6.45) is -0.0588. The molecule has 0 aliphatic carbocycles. The molecule has 0 radical (unpaired) electrons. The summed E-state index contributed by atoms with van der Waals surface area (Å²) in [5.41, 5.74) is 1.48. The van der Waals surface area contributed by atoms with Crippen molar-refractivity contribution >= 4 is 44.1 Å². The van der Waals surface area contributed by atoms with Crippen LogP contribution < -0.4 is 5.32 Å². The number of amides is 1. The first-order chi connectivity index (χ1) is 13.1. The van der Waals surface area contributed by atoms with E-state index < -0.39 is 5.97 Å². The lowest BCUT2D eigenvalue weighted by atomic mass is 10.1. The number of nitrogens with zero attached hydrogens (tertiary/aromatic N) is 1. The molecule has 1 N–H and O–H groups in total. The van der Waals surface area contributed by atoms with Gasteiger partial charge < -0.3 is 14.8 Å². The smallest absolute Gasteiger partial charge is 0.341 e. The summed E-state index contributed by atoms with van der Waals surface area (Å²) in [5.74, 6) is -0.574. The number of ether oxygens (including phenoxy) is 2. The molecule has 1 atom stereocenters. The fourth-order valence-corrected chi connectivity index (χ4v) is 3.93. The van der Waals surface area contributed by atoms with Gasteiger partial charge in [-0.15, -0.1) is 11.3 Å². The number of rotatable bonds is 6. The van der Waals surface area contributed by atoms with Gasteiger partial charge >= 0.3 is 5.97 Å². The van der Waals surface area contributed by atoms with Crippen molar-refractivity contribution in [3.8, 4) is 0 Å². The summed E-state index contributed by atoms with van der Waals surface area (Å²) < 4.78 is 11.9. The number of thiophene rings is 1. The highest BCUT2D eigenvalue weighted by Crippen LogP contribution is 2.25. The van der Waals surface area contributed by atoms with Crippen LogP contribution in [0.15, 0.2) is 40.2 Å². The van der Waals surface area contributed by atoms with Gasteiger partial charge in [-0.3, -0.25) is 9.69 Å². The van der Waals surface area contributed by atoms with Crippen LogP contribution in [0.25, 0.3) is 0 Å². The van der Waals surface area contributed by atoms with Gasteiger partial charge in [0.15, 0.2) is 0 Å². The van der Waals surface area contributed by atoms with Crippen LogP contribution in [-0.2, 0) is 14.3 Å². The monoisotopic (exact) mass is 452 g/mol. The van der Waals surface area contributed by atoms with E-state index in [1.807, 2.05) is 24.3 Å². The number of carbonyl (C=O) groups is 2. The highest BCUT2D eigenvalue weighted by atomic mass is 79.9. The first-order valence-electron chi connectivity index (χ1n) is 8.70. The van der Waals surface area contributed by atoms with Crippen molar-refractivity contribution in [1.29, 1.82) is 0 Å². The highest BCUT2D eigenvalue weighted by Gasteiger charge is 2.24. The van der Waals surface area contributed by atoms with E-state index in [2.05, 4.69) is 26.1 Å². The van der Waals surface area contributed by atoms with Gasteiger partial charge in [-0.1, -0.05) is 28.1 Å². The van der Waals surface area contributed by atoms with Crippen molar-refractivity contribution < 1.29 is 19.1 Å². The molecule has 1 amide bonds. The Morgan fingerprint density at radius 3 is 2.85 bits per heavy atom. The van der Waals surface area contributed by atoms with Crippen LogP contribution in [0, 0.1) is 0 Å². The lowest BCUT2D eigenvalue weighted by Crippen LogP contribution is -2.42. The molecule has 2 aromatic rings. The Kier molecular flexibility index (Phi) is 7.01. The van der Waals surface area contributed by atoms with E-state index in [1.54, 1.807) is 18.4 Å². The summed E-state index contributed by atoms with van der Waals surface area (Å²) in [4.78, 5) is 26.4. The molecule has 0 spiro atoms. The van der Waals surface area contributed by atoms with E-state index in [9.17, 15) is 9.59 Å². The molecule has 1 saturated heterocycles. The third-order valence-corrected chi connectivity index (χ3v) is 5.53. The van der Waals surface area contributed by atoms with Crippen molar-refractivity contribution in [2.75, 3.05) is 38.2 Å². The predicted octanol–water partition coefficient (Wildman–Crippen LogP) is 3.70. The fourth-order valence-electron chi connectivity index (χ4n) is 2.87. The van der Waals surface area contributed by atoms with Gasteiger partial charge in [0.1, 0.15) is 5.00 Å². The van der Waals surface area contributed by atoms with Crippen molar-refractivity contribution in [3.05, 3.63) is 51.3 Å². The average Bonchev–Trinajstić information content (AvgIpc) is 3.11. The second kappa shape index (κ2) is 9.45. The van der Waals surface area contributed by atoms with Crippen LogP contribution in [0.5, 0.6) is 0 Å². The molecule has 3 rings (SSSR count). The van der Waals surface area contributed by atoms with Crippen LogP contribution in [0.2, 0.25) is 0 Å². The number of morpholine rings is 1. The van der Waals surface area contributed by atoms with Crippen LogP contribution in [-0.4, -0.2) is 49.6 Å². The maximum Gasteiger partial charge on any atom is 0.341 e. The fraction of sp³-hybridized carbons (Fsp3) is 0.368. The largest absolute Gasteiger partial charge is 0.462 e. The number of hydrogen-bond acceptors (Lipinski definition) is 6. The molecular formula is C19H21BrN2O4S. The second-order valence-corrected chi connectivity index (χ2v) is 7.91. The molecule has 1 unspecified atom stereocenters. The van der Waals surface area contributed by atoms with Crippen LogP contribution in [0.4, 0.5) is 5.00 Å². The molecule has 0 saturated carbocycles. The third-order valence-electron chi connectivity index (χ3n) is 4.17. The van der Waals surface area contributed by atoms with E-state index >= 15 is 0 Å². The summed E-state index contributed by atoms with van der Waals surface area (Å²) in [6, 6.07) is 9.68. The minimum absolute atomic E-state index is 0.0588. The molecule has 0 bridgehead atoms. The Balaban J connectivity index is 1.57. The quantitative estimate of drug-likeness (QED) is 0.676. The lowest BCUT2D eigenvalue weighted by molar-refractivity contribution is -0.119. The molecule has 1 aliphatic heterocycles. The Morgan fingerprint density at radius 2 is 2.11 bits per heavy atom. The van der Waals surface area contributed by atoms with Crippen molar-refractivity contribution in [2.45, 2.75) is 13.0 Å². The molecule has 144 valence electrons. The zero-order valence-electron chi connectivity index (χ0n) is 14.9. The summed E-state index contributed by atoms with van der Waals surface area (Å²) in [6.45, 7) is 4.20. The van der Waals surface area contributed by atoms with Crippen LogP contribution >= 0.6 is 27.3 Å². The Hall–Kier alpha value is -1.74. The first kappa shape index (κ1) is 20.0. The van der Waals surface area contributed by atoms with Gasteiger partial charge in [0, 0.05) is 17.6 Å². The van der Waals surface area contributed by atoms with E-state index in [1.165, 1.54) is 11.3 Å². The number of carbonyl (C=O) groups excluding carboxylic acids is 2. The zero-order chi connectivity index (χ0) is 19.2. The molecule has 8 heteroatoms. The maximum absolute atomic E-state index is 12.5. The molecule has 2 heterocycles. The Labute approximate surface area is 170 Å². The third kappa shape index (κ3) is 5.38. The number of benzene rings is 1. The lowest BCUT2D eigenvalue weighted by Gasteiger charge is -2.32. The van der Waals surface area contributed by atoms with E-state index in [4.69, 9.17) is 9.47 Å². The first-order valence-corrected chi connectivity index (χ1v) is 10.4. The molecule has 1 aromatic carbocycles. The van der Waals surface area contributed by atoms with Gasteiger partial charge in [0.25, 0.3) is 0 Å². The van der Waals surface area contributed by atoms with E-state index in [0.29, 0.717) is 36.9 Å². The van der Waals surface area contributed by atoms with Crippen molar-refractivity contribution in [2.24, 2.45) is 0 Å². The minimum Gasteiger partial charge on any atom is -0.462 e. The van der Waals surface area contributed by atoms with E-state index in [-0.39, 0.29) is 18.6 Å². The number of esters is 1. The van der Waals surface area contributed by atoms with Crippen LogP contribution in [0.3, 0.4) is 0 Å². The Bertz CT molecular complexity index is 793. The van der Waals surface area contributed by atoms with Gasteiger partial charge in [0.2, 0.25) is 5.91 Å². The Morgan fingerprint density at radius 1 is 1.33 bits per heavy atom. The van der Waals surface area contributed by atoms with Crippen molar-refractivity contribution in [1.82, 2.24) is 4.90 Å². The number of nitrogens with one attached hydrogen (secondary N) is 1. The zero-order valence-corrected chi connectivity index (χ0v) is 17.3. The molecule has 6 nitrogen and oxygen atoms in total. The number of anilines is 1. The van der Waals surface area contributed by atoms with Crippen LogP contribution in [0.1, 0.15) is 28.9 Å². The van der Waals surface area contributed by atoms with Gasteiger partial charge in [0.05, 0.1) is 31.4 Å². The summed E-state index contributed by atoms with van der Waals surface area (Å²) in [5, 5.41) is 5.12. The summed E-state index contributed by atoms with van der Waals surface area (Å²) >= 11 is 4.74. The minimum atomic E-state index is -0.421. The second-order valence-electron chi connectivity index (χ2n) is 6.08. The molecule has 1 fully saturated rings. The topological polar surface area (TPSA) is 67.9 Å². The van der Waals surface area contributed by atoms with Gasteiger partial charge in [-0.2, -0.15) is 0 Å². The molecule has 1 aliphatic rings. The normalized spacial score (nSPS) is 17.5. The predicted molar refractivity (Wildman–Crippen MR) is 108 cm³/mol. The highest BCUT2D eigenvalue weighted by molar-refractivity contribution is 9.10. The average molecular weight is 453 g/mol. The molecular weight excluding hydrogens is 432 g/mol.